The number of halogens is 2. The summed E-state index contributed by atoms with van der Waals surface area (Å²) < 4.78 is 15.3. The third-order valence-corrected chi connectivity index (χ3v) is 3.60. The number of nitrogens with two attached hydrogens (primary N) is 1. The van der Waals surface area contributed by atoms with Crippen LogP contribution in [-0.2, 0) is 16.2 Å². The molecule has 2 rings (SSSR count). The van der Waals surface area contributed by atoms with Crippen molar-refractivity contribution in [2.45, 2.75) is 19.9 Å². The van der Waals surface area contributed by atoms with E-state index in [1.165, 1.54) is 24.3 Å². The van der Waals surface area contributed by atoms with Crippen molar-refractivity contribution < 1.29 is 14.0 Å². The van der Waals surface area contributed by atoms with Crippen LogP contribution in [0.1, 0.15) is 17.7 Å². The maximum absolute atomic E-state index is 12.8. The van der Waals surface area contributed by atoms with Crippen LogP contribution in [0.3, 0.4) is 0 Å². The highest BCUT2D eigenvalue weighted by atomic mass is 79.9. The number of aromatic nitrogens is 2. The standard InChI is InChI=1S/C14H14BrFN4O2/c1-9-12(15)8-20(18-9)7-6-13(21)22-19-14(17)10-2-4-11(16)5-3-10/h2-5,8H,6-7H2,1H3,(H2,17,19). The lowest BCUT2D eigenvalue weighted by molar-refractivity contribution is -0.143. The summed E-state index contributed by atoms with van der Waals surface area (Å²) >= 11 is 3.34. The second-order valence-electron chi connectivity index (χ2n) is 4.52. The van der Waals surface area contributed by atoms with E-state index in [1.807, 2.05) is 6.92 Å². The van der Waals surface area contributed by atoms with Gasteiger partial charge in [0.05, 0.1) is 23.1 Å². The zero-order chi connectivity index (χ0) is 16.1. The molecule has 0 aliphatic heterocycles. The second-order valence-corrected chi connectivity index (χ2v) is 5.38. The van der Waals surface area contributed by atoms with Crippen molar-refractivity contribution in [2.75, 3.05) is 0 Å². The number of rotatable bonds is 5. The van der Waals surface area contributed by atoms with E-state index in [0.29, 0.717) is 12.1 Å². The van der Waals surface area contributed by atoms with Crippen LogP contribution in [0.5, 0.6) is 0 Å². The first-order valence-corrected chi connectivity index (χ1v) is 7.24. The Hall–Kier alpha value is -2.22. The van der Waals surface area contributed by atoms with E-state index in [9.17, 15) is 9.18 Å². The molecule has 0 bridgehead atoms. The van der Waals surface area contributed by atoms with Crippen molar-refractivity contribution in [2.24, 2.45) is 10.9 Å². The van der Waals surface area contributed by atoms with E-state index in [0.717, 1.165) is 10.2 Å². The van der Waals surface area contributed by atoms with E-state index in [4.69, 9.17) is 10.6 Å². The molecular formula is C14H14BrFN4O2. The van der Waals surface area contributed by atoms with Crippen LogP contribution in [0.15, 0.2) is 40.1 Å². The molecule has 0 spiro atoms. The summed E-state index contributed by atoms with van der Waals surface area (Å²) in [5, 5.41) is 7.74. The first-order chi connectivity index (χ1) is 10.5. The molecule has 2 aromatic rings. The summed E-state index contributed by atoms with van der Waals surface area (Å²) in [7, 11) is 0. The van der Waals surface area contributed by atoms with Gasteiger partial charge < -0.3 is 10.6 Å². The van der Waals surface area contributed by atoms with Gasteiger partial charge in [0.1, 0.15) is 5.82 Å². The minimum absolute atomic E-state index is 0.00558. The topological polar surface area (TPSA) is 82.5 Å². The van der Waals surface area contributed by atoms with Crippen molar-refractivity contribution >= 4 is 27.7 Å². The molecule has 116 valence electrons. The van der Waals surface area contributed by atoms with Crippen molar-refractivity contribution in [1.29, 1.82) is 0 Å². The number of hydrogen-bond donors (Lipinski definition) is 1. The third kappa shape index (κ3) is 4.39. The quantitative estimate of drug-likeness (QED) is 0.380. The molecule has 0 fully saturated rings. The summed E-state index contributed by atoms with van der Waals surface area (Å²) in [4.78, 5) is 16.3. The molecule has 1 heterocycles. The van der Waals surface area contributed by atoms with Crippen molar-refractivity contribution in [1.82, 2.24) is 9.78 Å². The molecule has 8 heteroatoms. The van der Waals surface area contributed by atoms with E-state index in [2.05, 4.69) is 26.2 Å². The highest BCUT2D eigenvalue weighted by molar-refractivity contribution is 9.10. The van der Waals surface area contributed by atoms with Crippen LogP contribution in [0.25, 0.3) is 0 Å². The number of aryl methyl sites for hydroxylation is 2. The molecule has 0 unspecified atom stereocenters. The van der Waals surface area contributed by atoms with Gasteiger partial charge in [-0.15, -0.1) is 0 Å². The number of amidine groups is 1. The summed E-state index contributed by atoms with van der Waals surface area (Å²) in [6, 6.07) is 5.40. The average Bonchev–Trinajstić information content (AvgIpc) is 2.82. The molecular weight excluding hydrogens is 355 g/mol. The Morgan fingerprint density at radius 2 is 2.14 bits per heavy atom. The number of hydrogen-bond acceptors (Lipinski definition) is 4. The molecule has 0 saturated heterocycles. The lowest BCUT2D eigenvalue weighted by atomic mass is 10.2. The SMILES string of the molecule is Cc1nn(CCC(=O)O/N=C(\N)c2ccc(F)cc2)cc1Br. The molecule has 2 N–H and O–H groups in total. The number of benzene rings is 1. The molecule has 22 heavy (non-hydrogen) atoms. The summed E-state index contributed by atoms with van der Waals surface area (Å²) in [5.74, 6) is -0.908. The smallest absolute Gasteiger partial charge is 0.336 e. The minimum Gasteiger partial charge on any atom is -0.380 e. The first kappa shape index (κ1) is 16.2. The van der Waals surface area contributed by atoms with Gasteiger partial charge in [-0.25, -0.2) is 9.18 Å². The maximum atomic E-state index is 12.8. The van der Waals surface area contributed by atoms with Gasteiger partial charge in [0, 0.05) is 11.8 Å². The lowest BCUT2D eigenvalue weighted by Crippen LogP contribution is -2.15. The largest absolute Gasteiger partial charge is 0.380 e. The minimum atomic E-state index is -0.533. The van der Waals surface area contributed by atoms with E-state index >= 15 is 0 Å². The average molecular weight is 369 g/mol. The number of nitrogens with zero attached hydrogens (tertiary/aromatic N) is 3. The third-order valence-electron chi connectivity index (χ3n) is 2.82. The fraction of sp³-hybridized carbons (Fsp3) is 0.214. The van der Waals surface area contributed by atoms with Crippen LogP contribution in [0.2, 0.25) is 0 Å². The Balaban J connectivity index is 1.86. The molecule has 0 amide bonds. The predicted octanol–water partition coefficient (Wildman–Crippen LogP) is 2.35. The molecule has 1 aromatic heterocycles. The monoisotopic (exact) mass is 368 g/mol. The van der Waals surface area contributed by atoms with Gasteiger partial charge >= 0.3 is 5.97 Å². The van der Waals surface area contributed by atoms with Crippen LogP contribution >= 0.6 is 15.9 Å². The Labute approximate surface area is 134 Å². The van der Waals surface area contributed by atoms with Gasteiger partial charge in [0.25, 0.3) is 0 Å². The Bertz CT molecular complexity index is 678. The number of carbonyl (C=O) groups excluding carboxylic acids is 1. The Morgan fingerprint density at radius 1 is 1.45 bits per heavy atom. The first-order valence-electron chi connectivity index (χ1n) is 6.44. The van der Waals surface area contributed by atoms with Crippen molar-refractivity contribution in [3.05, 3.63) is 52.0 Å². The fourth-order valence-electron chi connectivity index (χ4n) is 1.63. The van der Waals surface area contributed by atoms with E-state index in [-0.39, 0.29) is 18.1 Å². The van der Waals surface area contributed by atoms with E-state index in [1.54, 1.807) is 10.9 Å². The van der Waals surface area contributed by atoms with Crippen LogP contribution < -0.4 is 5.73 Å². The molecule has 0 aliphatic rings. The van der Waals surface area contributed by atoms with Crippen LogP contribution in [-0.4, -0.2) is 21.6 Å². The van der Waals surface area contributed by atoms with Crippen molar-refractivity contribution in [3.8, 4) is 0 Å². The van der Waals surface area contributed by atoms with E-state index < -0.39 is 5.97 Å². The van der Waals surface area contributed by atoms with Gasteiger partial charge in [-0.2, -0.15) is 5.10 Å². The Morgan fingerprint density at radius 3 is 2.73 bits per heavy atom. The van der Waals surface area contributed by atoms with Crippen LogP contribution in [0.4, 0.5) is 4.39 Å². The van der Waals surface area contributed by atoms with Gasteiger partial charge in [0.15, 0.2) is 5.84 Å². The summed E-state index contributed by atoms with van der Waals surface area (Å²) in [6.45, 7) is 2.23. The normalized spacial score (nSPS) is 11.5. The van der Waals surface area contributed by atoms with Crippen molar-refractivity contribution in [3.63, 3.8) is 0 Å². The highest BCUT2D eigenvalue weighted by Crippen LogP contribution is 2.13. The molecule has 0 radical (unpaired) electrons. The second kappa shape index (κ2) is 7.17. The van der Waals surface area contributed by atoms with Crippen LogP contribution in [0, 0.1) is 12.7 Å². The lowest BCUT2D eigenvalue weighted by Gasteiger charge is -2.02. The molecule has 0 atom stereocenters. The predicted molar refractivity (Wildman–Crippen MR) is 82.5 cm³/mol. The summed E-state index contributed by atoms with van der Waals surface area (Å²) in [5.41, 5.74) is 6.96. The Kier molecular flexibility index (Phi) is 5.26. The maximum Gasteiger partial charge on any atom is 0.336 e. The highest BCUT2D eigenvalue weighted by Gasteiger charge is 2.07. The fourth-order valence-corrected chi connectivity index (χ4v) is 1.95. The molecule has 6 nitrogen and oxygen atoms in total. The van der Waals surface area contributed by atoms with Gasteiger partial charge in [0.2, 0.25) is 0 Å². The van der Waals surface area contributed by atoms with Gasteiger partial charge in [-0.05, 0) is 47.1 Å². The molecule has 0 aliphatic carbocycles. The number of carbonyl (C=O) groups is 1. The zero-order valence-electron chi connectivity index (χ0n) is 11.8. The zero-order valence-corrected chi connectivity index (χ0v) is 13.4. The summed E-state index contributed by atoms with van der Waals surface area (Å²) in [6.07, 6.45) is 1.88. The van der Waals surface area contributed by atoms with Gasteiger partial charge in [-0.3, -0.25) is 4.68 Å². The molecule has 1 aromatic carbocycles. The van der Waals surface area contributed by atoms with Gasteiger partial charge in [-0.1, -0.05) is 5.16 Å². The molecule has 0 saturated carbocycles. The number of oxime groups is 1.